The van der Waals surface area contributed by atoms with Crippen LogP contribution < -0.4 is 0 Å². The Kier molecular flexibility index (Phi) is 3.35. The zero-order chi connectivity index (χ0) is 9.07. The lowest BCUT2D eigenvalue weighted by molar-refractivity contribution is -0.144. The summed E-state index contributed by atoms with van der Waals surface area (Å²) in [7, 11) is 0. The Morgan fingerprint density at radius 1 is 1.09 bits per heavy atom. The molecular weight excluding hydrogens is 148 g/mol. The fourth-order valence-corrected chi connectivity index (χ4v) is 0.743. The molecule has 64 valence electrons. The first-order valence-corrected chi connectivity index (χ1v) is 3.25. The van der Waals surface area contributed by atoms with Crippen LogP contribution in [0.1, 0.15) is 13.8 Å². The van der Waals surface area contributed by atoms with Gasteiger partial charge in [0.1, 0.15) is 17.0 Å². The molecule has 11 heavy (non-hydrogen) atoms. The van der Waals surface area contributed by atoms with E-state index in [1.54, 1.807) is 0 Å². The Labute approximate surface area is 64.8 Å². The lowest BCUT2D eigenvalue weighted by Gasteiger charge is -2.22. The monoisotopic (exact) mass is 160 g/mol. The van der Waals surface area contributed by atoms with Crippen LogP contribution in [-0.2, 0) is 9.59 Å². The van der Waals surface area contributed by atoms with Crippen molar-refractivity contribution in [2.75, 3.05) is 13.2 Å². The molecule has 0 saturated carbocycles. The predicted octanol–water partition coefficient (Wildman–Crippen LogP) is -0.865. The molecule has 4 nitrogen and oxygen atoms in total. The van der Waals surface area contributed by atoms with Gasteiger partial charge in [0.15, 0.2) is 0 Å². The molecule has 0 aromatic carbocycles. The van der Waals surface area contributed by atoms with Crippen molar-refractivity contribution >= 4 is 11.6 Å². The lowest BCUT2D eigenvalue weighted by Crippen LogP contribution is -2.43. The van der Waals surface area contributed by atoms with Gasteiger partial charge in [0.2, 0.25) is 0 Å². The highest BCUT2D eigenvalue weighted by Crippen LogP contribution is 2.17. The maximum atomic E-state index is 10.8. The van der Waals surface area contributed by atoms with Crippen molar-refractivity contribution in [2.45, 2.75) is 13.8 Å². The van der Waals surface area contributed by atoms with Gasteiger partial charge in [-0.1, -0.05) is 0 Å². The fourth-order valence-electron chi connectivity index (χ4n) is 0.743. The molecule has 0 aromatic rings. The van der Waals surface area contributed by atoms with Gasteiger partial charge in [0.05, 0.1) is 13.2 Å². The van der Waals surface area contributed by atoms with Gasteiger partial charge in [0, 0.05) is 0 Å². The van der Waals surface area contributed by atoms with E-state index in [0.29, 0.717) is 0 Å². The molecule has 0 aliphatic carbocycles. The molecule has 0 spiro atoms. The largest absolute Gasteiger partial charge is 0.395 e. The Morgan fingerprint density at radius 3 is 1.36 bits per heavy atom. The van der Waals surface area contributed by atoms with E-state index < -0.39 is 30.2 Å². The van der Waals surface area contributed by atoms with E-state index in [2.05, 4.69) is 0 Å². The van der Waals surface area contributed by atoms with E-state index in [9.17, 15) is 9.59 Å². The number of aliphatic hydroxyl groups is 2. The Balaban J connectivity index is 4.76. The van der Waals surface area contributed by atoms with Crippen LogP contribution in [0.15, 0.2) is 0 Å². The van der Waals surface area contributed by atoms with Crippen molar-refractivity contribution in [3.63, 3.8) is 0 Å². The van der Waals surface area contributed by atoms with E-state index in [4.69, 9.17) is 10.2 Å². The summed E-state index contributed by atoms with van der Waals surface area (Å²) in [5, 5.41) is 17.4. The number of Topliss-reactive ketones (excluding diaryl/α,β-unsaturated/α-hetero) is 2. The van der Waals surface area contributed by atoms with Gasteiger partial charge in [-0.15, -0.1) is 0 Å². The zero-order valence-electron chi connectivity index (χ0n) is 6.63. The minimum Gasteiger partial charge on any atom is -0.395 e. The molecule has 0 aromatic heterocycles. The summed E-state index contributed by atoms with van der Waals surface area (Å²) in [6, 6.07) is 0. The van der Waals surface area contributed by atoms with Crippen LogP contribution in [0, 0.1) is 5.41 Å². The van der Waals surface area contributed by atoms with E-state index >= 15 is 0 Å². The molecule has 0 saturated heterocycles. The van der Waals surface area contributed by atoms with Crippen molar-refractivity contribution in [3.05, 3.63) is 0 Å². The molecule has 2 N–H and O–H groups in total. The van der Waals surface area contributed by atoms with Gasteiger partial charge >= 0.3 is 0 Å². The molecule has 0 fully saturated rings. The number of rotatable bonds is 4. The third-order valence-electron chi connectivity index (χ3n) is 1.89. The van der Waals surface area contributed by atoms with Crippen LogP contribution in [0.5, 0.6) is 0 Å². The van der Waals surface area contributed by atoms with Crippen molar-refractivity contribution in [2.24, 2.45) is 5.41 Å². The van der Waals surface area contributed by atoms with E-state index in [1.807, 2.05) is 0 Å². The number of hydrogen-bond donors (Lipinski definition) is 2. The molecule has 0 heterocycles. The number of aliphatic hydroxyl groups excluding tert-OH is 2. The van der Waals surface area contributed by atoms with Crippen LogP contribution in [-0.4, -0.2) is 35.0 Å². The van der Waals surface area contributed by atoms with Crippen LogP contribution in [0.3, 0.4) is 0 Å². The fraction of sp³-hybridized carbons (Fsp3) is 0.714. The number of carbonyl (C=O) groups is 2. The first-order valence-electron chi connectivity index (χ1n) is 3.25. The topological polar surface area (TPSA) is 74.6 Å². The number of hydrogen-bond acceptors (Lipinski definition) is 4. The van der Waals surface area contributed by atoms with E-state index in [1.165, 1.54) is 13.8 Å². The summed E-state index contributed by atoms with van der Waals surface area (Å²) in [5.74, 6) is -1.01. The average molecular weight is 160 g/mol. The van der Waals surface area contributed by atoms with Crippen molar-refractivity contribution in [1.82, 2.24) is 0 Å². The van der Waals surface area contributed by atoms with Gasteiger partial charge in [-0.2, -0.15) is 0 Å². The van der Waals surface area contributed by atoms with Crippen molar-refractivity contribution in [3.8, 4) is 0 Å². The summed E-state index contributed by atoms with van der Waals surface area (Å²) in [5.41, 5.74) is -1.58. The van der Waals surface area contributed by atoms with Crippen molar-refractivity contribution in [1.29, 1.82) is 0 Å². The molecule has 0 bridgehead atoms. The summed E-state index contributed by atoms with van der Waals surface area (Å²) in [4.78, 5) is 21.7. The second-order valence-electron chi connectivity index (χ2n) is 2.51. The standard InChI is InChI=1S/C7H12O4/c1-5(10)7(3-8,4-9)6(2)11/h8-9H,3-4H2,1-2H3. The summed E-state index contributed by atoms with van der Waals surface area (Å²) < 4.78 is 0. The van der Waals surface area contributed by atoms with Gasteiger partial charge in [-0.25, -0.2) is 0 Å². The van der Waals surface area contributed by atoms with Gasteiger partial charge in [0.25, 0.3) is 0 Å². The molecule has 4 heteroatoms. The quantitative estimate of drug-likeness (QED) is 0.524. The van der Waals surface area contributed by atoms with Crippen molar-refractivity contribution < 1.29 is 19.8 Å². The highest BCUT2D eigenvalue weighted by Gasteiger charge is 2.39. The summed E-state index contributed by atoms with van der Waals surface area (Å²) in [6.07, 6.45) is 0. The molecule has 0 rings (SSSR count). The molecule has 0 aliphatic rings. The average Bonchev–Trinajstić information content (AvgIpc) is 1.90. The second-order valence-corrected chi connectivity index (χ2v) is 2.51. The third kappa shape index (κ3) is 1.64. The lowest BCUT2D eigenvalue weighted by atomic mass is 9.82. The van der Waals surface area contributed by atoms with Crippen LogP contribution in [0.25, 0.3) is 0 Å². The Hall–Kier alpha value is -0.740. The van der Waals surface area contributed by atoms with Crippen LogP contribution in [0.4, 0.5) is 0 Å². The minimum absolute atomic E-state index is 0.505. The smallest absolute Gasteiger partial charge is 0.148 e. The molecular formula is C7H12O4. The zero-order valence-corrected chi connectivity index (χ0v) is 6.63. The Bertz CT molecular complexity index is 153. The van der Waals surface area contributed by atoms with Gasteiger partial charge in [-0.05, 0) is 13.8 Å². The molecule has 0 radical (unpaired) electrons. The van der Waals surface area contributed by atoms with Gasteiger partial charge in [-0.3, -0.25) is 9.59 Å². The van der Waals surface area contributed by atoms with E-state index in [-0.39, 0.29) is 0 Å². The second kappa shape index (κ2) is 3.59. The summed E-state index contributed by atoms with van der Waals surface area (Å²) >= 11 is 0. The highest BCUT2D eigenvalue weighted by molar-refractivity contribution is 6.05. The van der Waals surface area contributed by atoms with Crippen LogP contribution >= 0.6 is 0 Å². The summed E-state index contributed by atoms with van der Waals surface area (Å²) in [6.45, 7) is 1.09. The maximum Gasteiger partial charge on any atom is 0.148 e. The van der Waals surface area contributed by atoms with E-state index in [0.717, 1.165) is 0 Å². The highest BCUT2D eigenvalue weighted by atomic mass is 16.3. The first-order chi connectivity index (χ1) is 5.01. The first kappa shape index (κ1) is 10.3. The molecule has 0 aliphatic heterocycles. The van der Waals surface area contributed by atoms with Gasteiger partial charge < -0.3 is 10.2 Å². The number of carbonyl (C=O) groups excluding carboxylic acids is 2. The third-order valence-corrected chi connectivity index (χ3v) is 1.89. The SMILES string of the molecule is CC(=O)C(CO)(CO)C(C)=O. The maximum absolute atomic E-state index is 10.8. The number of ketones is 2. The molecule has 0 unspecified atom stereocenters. The Morgan fingerprint density at radius 2 is 1.36 bits per heavy atom. The molecule has 0 amide bonds. The normalized spacial score (nSPS) is 11.3. The minimum atomic E-state index is -1.58. The van der Waals surface area contributed by atoms with Crippen LogP contribution in [0.2, 0.25) is 0 Å². The predicted molar refractivity (Wildman–Crippen MR) is 38.0 cm³/mol. The molecule has 0 atom stereocenters.